The zero-order valence-corrected chi connectivity index (χ0v) is 14.8. The van der Waals surface area contributed by atoms with Gasteiger partial charge in [-0.3, -0.25) is 4.79 Å². The molecule has 1 unspecified atom stereocenters. The summed E-state index contributed by atoms with van der Waals surface area (Å²) in [4.78, 5) is 22.6. The number of aryl methyl sites for hydroxylation is 1. The average molecular weight is 397 g/mol. The van der Waals surface area contributed by atoms with Gasteiger partial charge in [0.05, 0.1) is 17.1 Å². The molecule has 1 atom stereocenters. The normalized spacial score (nSPS) is 17.3. The summed E-state index contributed by atoms with van der Waals surface area (Å²) in [5.41, 5.74) is 0.500. The van der Waals surface area contributed by atoms with Gasteiger partial charge in [-0.15, -0.1) is 0 Å². The summed E-state index contributed by atoms with van der Waals surface area (Å²) in [7, 11) is 0. The van der Waals surface area contributed by atoms with Crippen molar-refractivity contribution < 1.29 is 9.53 Å². The number of hydrogen-bond acceptors (Lipinski definition) is 4. The van der Waals surface area contributed by atoms with Crippen LogP contribution in [0, 0.1) is 6.92 Å². The molecule has 1 aromatic carbocycles. The predicted octanol–water partition coefficient (Wildman–Crippen LogP) is 3.49. The Bertz CT molecular complexity index is 741. The molecule has 0 aliphatic carbocycles. The Labute approximate surface area is 147 Å². The Morgan fingerprint density at radius 3 is 3.04 bits per heavy atom. The summed E-state index contributed by atoms with van der Waals surface area (Å²) in [6.45, 7) is 2.97. The van der Waals surface area contributed by atoms with Crippen LogP contribution in [0.2, 0.25) is 5.02 Å². The van der Waals surface area contributed by atoms with E-state index in [-0.39, 0.29) is 12.0 Å². The fourth-order valence-electron chi connectivity index (χ4n) is 2.51. The van der Waals surface area contributed by atoms with Gasteiger partial charge in [-0.2, -0.15) is 4.98 Å². The summed E-state index contributed by atoms with van der Waals surface area (Å²) in [5, 5.41) is 0.453. The van der Waals surface area contributed by atoms with E-state index < -0.39 is 0 Å². The number of halogens is 2. The number of likely N-dealkylation sites (tertiary alicyclic amines) is 1. The second kappa shape index (κ2) is 6.84. The van der Waals surface area contributed by atoms with Crippen molar-refractivity contribution in [3.63, 3.8) is 0 Å². The van der Waals surface area contributed by atoms with Gasteiger partial charge in [0.2, 0.25) is 5.88 Å². The molecule has 0 spiro atoms. The van der Waals surface area contributed by atoms with Gasteiger partial charge in [-0.25, -0.2) is 4.98 Å². The standard InChI is InChI=1S/C16H15BrClN3O2/c1-10-19-6-4-15(20-10)23-12-5-7-21(9-12)16(22)13-8-11(17)2-3-14(13)18/h2-4,6,8,12H,5,7,9H2,1H3. The van der Waals surface area contributed by atoms with Crippen molar-refractivity contribution in [1.29, 1.82) is 0 Å². The highest BCUT2D eigenvalue weighted by Gasteiger charge is 2.29. The number of ether oxygens (including phenoxy) is 1. The summed E-state index contributed by atoms with van der Waals surface area (Å²) in [6, 6.07) is 6.99. The summed E-state index contributed by atoms with van der Waals surface area (Å²) >= 11 is 9.50. The van der Waals surface area contributed by atoms with Crippen LogP contribution in [0.1, 0.15) is 22.6 Å². The zero-order chi connectivity index (χ0) is 16.4. The minimum absolute atomic E-state index is 0.0702. The molecular weight excluding hydrogens is 382 g/mol. The Balaban J connectivity index is 1.67. The van der Waals surface area contributed by atoms with Crippen LogP contribution in [0.25, 0.3) is 0 Å². The molecule has 3 rings (SSSR count). The Kier molecular flexibility index (Phi) is 4.82. The third-order valence-corrected chi connectivity index (χ3v) is 4.45. The Morgan fingerprint density at radius 1 is 1.43 bits per heavy atom. The third kappa shape index (κ3) is 3.82. The highest BCUT2D eigenvalue weighted by Crippen LogP contribution is 2.25. The van der Waals surface area contributed by atoms with Gasteiger partial charge >= 0.3 is 0 Å². The number of amides is 1. The lowest BCUT2D eigenvalue weighted by Gasteiger charge is -2.18. The van der Waals surface area contributed by atoms with Crippen LogP contribution in [0.5, 0.6) is 5.88 Å². The fraction of sp³-hybridized carbons (Fsp3) is 0.312. The molecule has 1 aromatic heterocycles. The van der Waals surface area contributed by atoms with Crippen molar-refractivity contribution in [3.05, 3.63) is 51.3 Å². The van der Waals surface area contributed by atoms with Crippen molar-refractivity contribution >= 4 is 33.4 Å². The molecule has 1 saturated heterocycles. The number of hydrogen-bond donors (Lipinski definition) is 0. The van der Waals surface area contributed by atoms with Crippen LogP contribution >= 0.6 is 27.5 Å². The summed E-state index contributed by atoms with van der Waals surface area (Å²) < 4.78 is 6.67. The Morgan fingerprint density at radius 2 is 2.26 bits per heavy atom. The van der Waals surface area contributed by atoms with Crippen molar-refractivity contribution in [2.24, 2.45) is 0 Å². The molecule has 1 aliphatic rings. The molecule has 7 heteroatoms. The third-order valence-electron chi connectivity index (χ3n) is 3.63. The lowest BCUT2D eigenvalue weighted by Crippen LogP contribution is -2.31. The zero-order valence-electron chi connectivity index (χ0n) is 12.5. The first kappa shape index (κ1) is 16.2. The molecule has 5 nitrogen and oxygen atoms in total. The maximum Gasteiger partial charge on any atom is 0.255 e. The van der Waals surface area contributed by atoms with Crippen LogP contribution in [-0.2, 0) is 0 Å². The maximum atomic E-state index is 12.6. The first-order valence-electron chi connectivity index (χ1n) is 7.23. The van der Waals surface area contributed by atoms with E-state index in [0.717, 1.165) is 10.9 Å². The van der Waals surface area contributed by atoms with Crippen molar-refractivity contribution in [2.45, 2.75) is 19.4 Å². The van der Waals surface area contributed by atoms with Gasteiger partial charge in [-0.1, -0.05) is 27.5 Å². The highest BCUT2D eigenvalue weighted by molar-refractivity contribution is 9.10. The molecule has 1 fully saturated rings. The van der Waals surface area contributed by atoms with Crippen molar-refractivity contribution in [3.8, 4) is 5.88 Å². The first-order valence-corrected chi connectivity index (χ1v) is 8.40. The van der Waals surface area contributed by atoms with E-state index in [1.54, 1.807) is 29.3 Å². The minimum atomic E-state index is -0.0822. The van der Waals surface area contributed by atoms with Gasteiger partial charge in [0.1, 0.15) is 11.9 Å². The molecule has 2 heterocycles. The molecular formula is C16H15BrClN3O2. The number of benzene rings is 1. The molecule has 0 saturated carbocycles. The maximum absolute atomic E-state index is 12.6. The average Bonchev–Trinajstić information content (AvgIpc) is 2.97. The van der Waals surface area contributed by atoms with Gasteiger partial charge in [-0.05, 0) is 25.1 Å². The van der Waals surface area contributed by atoms with E-state index in [4.69, 9.17) is 16.3 Å². The molecule has 23 heavy (non-hydrogen) atoms. The van der Waals surface area contributed by atoms with E-state index in [0.29, 0.717) is 35.4 Å². The predicted molar refractivity (Wildman–Crippen MR) is 90.9 cm³/mol. The molecule has 0 N–H and O–H groups in total. The number of carbonyl (C=O) groups excluding carboxylic acids is 1. The monoisotopic (exact) mass is 395 g/mol. The smallest absolute Gasteiger partial charge is 0.255 e. The summed E-state index contributed by atoms with van der Waals surface area (Å²) in [5.74, 6) is 1.12. The number of rotatable bonds is 3. The van der Waals surface area contributed by atoms with Crippen molar-refractivity contribution in [2.75, 3.05) is 13.1 Å². The number of carbonyl (C=O) groups is 1. The van der Waals surface area contributed by atoms with Crippen LogP contribution in [0.15, 0.2) is 34.9 Å². The molecule has 1 amide bonds. The second-order valence-electron chi connectivity index (χ2n) is 5.35. The van der Waals surface area contributed by atoms with Crippen LogP contribution in [0.3, 0.4) is 0 Å². The second-order valence-corrected chi connectivity index (χ2v) is 6.67. The van der Waals surface area contributed by atoms with E-state index >= 15 is 0 Å². The fourth-order valence-corrected chi connectivity index (χ4v) is 3.07. The Hall–Kier alpha value is -1.66. The molecule has 0 radical (unpaired) electrons. The molecule has 0 bridgehead atoms. The van der Waals surface area contributed by atoms with Gasteiger partial charge in [0, 0.05) is 29.7 Å². The number of nitrogens with zero attached hydrogens (tertiary/aromatic N) is 3. The van der Waals surface area contributed by atoms with E-state index in [1.165, 1.54) is 0 Å². The van der Waals surface area contributed by atoms with Crippen LogP contribution < -0.4 is 4.74 Å². The molecule has 2 aromatic rings. The topological polar surface area (TPSA) is 55.3 Å². The lowest BCUT2D eigenvalue weighted by atomic mass is 10.2. The van der Waals surface area contributed by atoms with Crippen LogP contribution in [0.4, 0.5) is 0 Å². The van der Waals surface area contributed by atoms with Gasteiger partial charge in [0.25, 0.3) is 5.91 Å². The minimum Gasteiger partial charge on any atom is -0.472 e. The van der Waals surface area contributed by atoms with Gasteiger partial charge < -0.3 is 9.64 Å². The quantitative estimate of drug-likeness (QED) is 0.797. The first-order chi connectivity index (χ1) is 11.0. The van der Waals surface area contributed by atoms with Gasteiger partial charge in [0.15, 0.2) is 0 Å². The van der Waals surface area contributed by atoms with E-state index in [2.05, 4.69) is 25.9 Å². The molecule has 120 valence electrons. The van der Waals surface area contributed by atoms with Crippen LogP contribution in [-0.4, -0.2) is 40.0 Å². The number of aromatic nitrogens is 2. The SMILES string of the molecule is Cc1nccc(OC2CCN(C(=O)c3cc(Br)ccc3Cl)C2)n1. The highest BCUT2D eigenvalue weighted by atomic mass is 79.9. The summed E-state index contributed by atoms with van der Waals surface area (Å²) in [6.07, 6.45) is 2.36. The van der Waals surface area contributed by atoms with E-state index in [9.17, 15) is 4.79 Å². The van der Waals surface area contributed by atoms with E-state index in [1.807, 2.05) is 13.0 Å². The largest absolute Gasteiger partial charge is 0.472 e. The van der Waals surface area contributed by atoms with Crippen molar-refractivity contribution in [1.82, 2.24) is 14.9 Å². The lowest BCUT2D eigenvalue weighted by molar-refractivity contribution is 0.0771. The molecule has 1 aliphatic heterocycles.